The molecule has 1 heterocycles. The number of rotatable bonds is 6. The number of hydrogen-bond donors (Lipinski definition) is 2. The Balaban J connectivity index is 2.09. The van der Waals surface area contributed by atoms with Gasteiger partial charge in [-0.25, -0.2) is 4.98 Å². The number of aromatic nitrogens is 1. The average molecular weight is 320 g/mol. The Morgan fingerprint density at radius 2 is 2.14 bits per heavy atom. The lowest BCUT2D eigenvalue weighted by Gasteiger charge is -2.08. The topological polar surface area (TPSA) is 88.5 Å². The fourth-order valence-corrected chi connectivity index (χ4v) is 2.70. The van der Waals surface area contributed by atoms with E-state index in [1.807, 2.05) is 24.3 Å². The van der Waals surface area contributed by atoms with Crippen LogP contribution in [-0.2, 0) is 16.0 Å². The van der Waals surface area contributed by atoms with E-state index in [4.69, 9.17) is 9.84 Å². The predicted octanol–water partition coefficient (Wildman–Crippen LogP) is 1.95. The number of carbonyl (C=O) groups excluding carboxylic acids is 1. The average Bonchev–Trinajstić information content (AvgIpc) is 2.95. The van der Waals surface area contributed by atoms with E-state index in [9.17, 15) is 9.59 Å². The molecule has 0 radical (unpaired) electrons. The zero-order valence-electron chi connectivity index (χ0n) is 12.2. The monoisotopic (exact) mass is 320 g/mol. The van der Waals surface area contributed by atoms with Crippen LogP contribution in [0.25, 0.3) is 10.6 Å². The minimum atomic E-state index is -1.07. The van der Waals surface area contributed by atoms with Gasteiger partial charge in [-0.3, -0.25) is 9.59 Å². The number of nitrogens with zero attached hydrogens (tertiary/aromatic N) is 1. The Morgan fingerprint density at radius 3 is 2.82 bits per heavy atom. The minimum Gasteiger partial charge on any atom is -0.496 e. The van der Waals surface area contributed by atoms with Crippen LogP contribution in [0.5, 0.6) is 5.75 Å². The van der Waals surface area contributed by atoms with Crippen molar-refractivity contribution in [3.05, 3.63) is 35.3 Å². The zero-order valence-corrected chi connectivity index (χ0v) is 13.0. The lowest BCUT2D eigenvalue weighted by atomic mass is 10.2. The van der Waals surface area contributed by atoms with Crippen LogP contribution < -0.4 is 10.1 Å². The van der Waals surface area contributed by atoms with E-state index in [-0.39, 0.29) is 12.3 Å². The maximum Gasteiger partial charge on any atom is 0.325 e. The van der Waals surface area contributed by atoms with Gasteiger partial charge in [-0.2, -0.15) is 0 Å². The normalized spacial score (nSPS) is 11.7. The standard InChI is InChI=1S/C15H16N2O4S/c1-9(15(19)20)16-13(18)7-10-8-22-14(17-10)11-5-3-4-6-12(11)21-2/h3-6,8-9H,7H2,1-2H3,(H,16,18)(H,19,20)/t9-/m1/s1. The van der Waals surface area contributed by atoms with Crippen LogP contribution in [0.4, 0.5) is 0 Å². The molecule has 2 N–H and O–H groups in total. The first-order chi connectivity index (χ1) is 10.5. The zero-order chi connectivity index (χ0) is 16.1. The molecule has 0 bridgehead atoms. The van der Waals surface area contributed by atoms with Gasteiger partial charge in [-0.05, 0) is 19.1 Å². The van der Waals surface area contributed by atoms with Crippen LogP contribution >= 0.6 is 11.3 Å². The molecule has 0 saturated carbocycles. The Bertz CT molecular complexity index is 684. The Labute approximate surface area is 131 Å². The molecule has 0 spiro atoms. The van der Waals surface area contributed by atoms with Crippen LogP contribution in [0.15, 0.2) is 29.6 Å². The number of aliphatic carboxylic acids is 1. The first-order valence-corrected chi connectivity index (χ1v) is 7.49. The SMILES string of the molecule is COc1ccccc1-c1nc(CC(=O)N[C@H](C)C(=O)O)cs1. The number of methoxy groups -OCH3 is 1. The van der Waals surface area contributed by atoms with Crippen molar-refractivity contribution in [3.8, 4) is 16.3 Å². The van der Waals surface area contributed by atoms with Crippen LogP contribution in [0.2, 0.25) is 0 Å². The van der Waals surface area contributed by atoms with E-state index in [2.05, 4.69) is 10.3 Å². The van der Waals surface area contributed by atoms with E-state index < -0.39 is 12.0 Å². The van der Waals surface area contributed by atoms with E-state index in [0.717, 1.165) is 10.6 Å². The molecule has 0 aliphatic carbocycles. The Kier molecular flexibility index (Phi) is 5.11. The summed E-state index contributed by atoms with van der Waals surface area (Å²) in [6.45, 7) is 1.42. The largest absolute Gasteiger partial charge is 0.496 e. The molecule has 22 heavy (non-hydrogen) atoms. The minimum absolute atomic E-state index is 0.0449. The number of hydrogen-bond acceptors (Lipinski definition) is 5. The second-order valence-electron chi connectivity index (χ2n) is 4.65. The molecule has 1 aromatic heterocycles. The number of amides is 1. The summed E-state index contributed by atoms with van der Waals surface area (Å²) < 4.78 is 5.29. The molecule has 1 aromatic carbocycles. The molecule has 2 rings (SSSR count). The summed E-state index contributed by atoms with van der Waals surface area (Å²) >= 11 is 1.41. The van der Waals surface area contributed by atoms with Crippen molar-refractivity contribution < 1.29 is 19.4 Å². The molecule has 2 aromatic rings. The van der Waals surface area contributed by atoms with Gasteiger partial charge in [0.25, 0.3) is 0 Å². The highest BCUT2D eigenvalue weighted by Crippen LogP contribution is 2.31. The molecule has 0 unspecified atom stereocenters. The van der Waals surface area contributed by atoms with E-state index in [1.165, 1.54) is 18.3 Å². The highest BCUT2D eigenvalue weighted by atomic mass is 32.1. The van der Waals surface area contributed by atoms with Gasteiger partial charge in [0.1, 0.15) is 16.8 Å². The molecular formula is C15H16N2O4S. The lowest BCUT2D eigenvalue weighted by Crippen LogP contribution is -2.39. The second-order valence-corrected chi connectivity index (χ2v) is 5.51. The summed E-state index contributed by atoms with van der Waals surface area (Å²) in [5, 5.41) is 13.7. The van der Waals surface area contributed by atoms with Gasteiger partial charge in [0.05, 0.1) is 24.8 Å². The fraction of sp³-hybridized carbons (Fsp3) is 0.267. The summed E-state index contributed by atoms with van der Waals surface area (Å²) in [7, 11) is 1.59. The summed E-state index contributed by atoms with van der Waals surface area (Å²) in [4.78, 5) is 26.9. The molecule has 0 aliphatic heterocycles. The molecule has 0 aliphatic rings. The quantitative estimate of drug-likeness (QED) is 0.849. The maximum atomic E-state index is 11.8. The number of ether oxygens (including phenoxy) is 1. The summed E-state index contributed by atoms with van der Waals surface area (Å²) in [5.41, 5.74) is 1.46. The number of carboxylic acids is 1. The van der Waals surface area contributed by atoms with Gasteiger partial charge in [0.15, 0.2) is 0 Å². The lowest BCUT2D eigenvalue weighted by molar-refractivity contribution is -0.141. The predicted molar refractivity (Wildman–Crippen MR) is 83.0 cm³/mol. The van der Waals surface area contributed by atoms with E-state index in [0.29, 0.717) is 11.4 Å². The molecule has 0 fully saturated rings. The first kappa shape index (κ1) is 16.0. The summed E-state index contributed by atoms with van der Waals surface area (Å²) in [6, 6.07) is 6.59. The third kappa shape index (κ3) is 3.82. The van der Waals surface area contributed by atoms with Crippen LogP contribution in [0, 0.1) is 0 Å². The van der Waals surface area contributed by atoms with Gasteiger partial charge >= 0.3 is 5.97 Å². The fourth-order valence-electron chi connectivity index (χ4n) is 1.85. The van der Waals surface area contributed by atoms with Crippen LogP contribution in [-0.4, -0.2) is 35.1 Å². The molecule has 116 valence electrons. The van der Waals surface area contributed by atoms with Crippen molar-refractivity contribution in [1.82, 2.24) is 10.3 Å². The number of nitrogens with one attached hydrogen (secondary N) is 1. The number of carbonyl (C=O) groups is 2. The maximum absolute atomic E-state index is 11.8. The molecule has 1 atom stereocenters. The van der Waals surface area contributed by atoms with Crippen molar-refractivity contribution >= 4 is 23.2 Å². The molecule has 7 heteroatoms. The summed E-state index contributed by atoms with van der Waals surface area (Å²) in [5.74, 6) is -0.722. The highest BCUT2D eigenvalue weighted by molar-refractivity contribution is 7.13. The first-order valence-electron chi connectivity index (χ1n) is 6.61. The number of carboxylic acid groups (broad SMARTS) is 1. The van der Waals surface area contributed by atoms with Gasteiger partial charge in [0.2, 0.25) is 5.91 Å². The third-order valence-corrected chi connectivity index (χ3v) is 3.90. The van der Waals surface area contributed by atoms with Gasteiger partial charge in [-0.1, -0.05) is 12.1 Å². The van der Waals surface area contributed by atoms with Crippen molar-refractivity contribution in [3.63, 3.8) is 0 Å². The molecule has 1 amide bonds. The Morgan fingerprint density at radius 1 is 1.41 bits per heavy atom. The van der Waals surface area contributed by atoms with E-state index >= 15 is 0 Å². The third-order valence-electron chi connectivity index (χ3n) is 2.98. The second kappa shape index (κ2) is 7.04. The Hall–Kier alpha value is -2.41. The van der Waals surface area contributed by atoms with Gasteiger partial charge in [0, 0.05) is 5.38 Å². The highest BCUT2D eigenvalue weighted by Gasteiger charge is 2.16. The smallest absolute Gasteiger partial charge is 0.325 e. The van der Waals surface area contributed by atoms with Crippen LogP contribution in [0.3, 0.4) is 0 Å². The van der Waals surface area contributed by atoms with Gasteiger partial charge < -0.3 is 15.2 Å². The number of thiazole rings is 1. The number of benzene rings is 1. The summed E-state index contributed by atoms with van der Waals surface area (Å²) in [6.07, 6.45) is 0.0449. The molecule has 0 saturated heterocycles. The van der Waals surface area contributed by atoms with Gasteiger partial charge in [-0.15, -0.1) is 11.3 Å². The van der Waals surface area contributed by atoms with Crippen molar-refractivity contribution in [2.45, 2.75) is 19.4 Å². The van der Waals surface area contributed by atoms with E-state index in [1.54, 1.807) is 12.5 Å². The van der Waals surface area contributed by atoms with Crippen molar-refractivity contribution in [1.29, 1.82) is 0 Å². The molecule has 6 nitrogen and oxygen atoms in total. The van der Waals surface area contributed by atoms with Crippen LogP contribution in [0.1, 0.15) is 12.6 Å². The molecular weight excluding hydrogens is 304 g/mol. The number of para-hydroxylation sites is 1. The van der Waals surface area contributed by atoms with Crippen molar-refractivity contribution in [2.75, 3.05) is 7.11 Å². The van der Waals surface area contributed by atoms with Crippen molar-refractivity contribution in [2.24, 2.45) is 0 Å².